The van der Waals surface area contributed by atoms with Crippen molar-refractivity contribution < 1.29 is 14.4 Å². The minimum Gasteiger partial charge on any atom is -0.324 e. The fourth-order valence-electron chi connectivity index (χ4n) is 1.11. The Hall–Kier alpha value is -0.630. The van der Waals surface area contributed by atoms with Crippen molar-refractivity contribution in [1.82, 2.24) is 0 Å². The Bertz CT molecular complexity index is 287. The van der Waals surface area contributed by atoms with Gasteiger partial charge in [-0.3, -0.25) is 4.57 Å². The van der Waals surface area contributed by atoms with E-state index in [4.69, 9.17) is 9.79 Å². The fraction of sp³-hybridized carbons (Fsp3) is 0.250. The Kier molecular flexibility index (Phi) is 2.38. The summed E-state index contributed by atoms with van der Waals surface area (Å²) < 4.78 is 11.1. The van der Waals surface area contributed by atoms with E-state index in [1.807, 2.05) is 0 Å². The van der Waals surface area contributed by atoms with Gasteiger partial charge in [0.2, 0.25) is 0 Å². The number of rotatable bonds is 2. The van der Waals surface area contributed by atoms with Crippen LogP contribution in [0.1, 0.15) is 6.42 Å². The van der Waals surface area contributed by atoms with Crippen molar-refractivity contribution in [2.45, 2.75) is 11.6 Å². The summed E-state index contributed by atoms with van der Waals surface area (Å²) in [6.07, 6.45) is 8.24. The number of allylic oxidation sites excluding steroid dienone is 5. The van der Waals surface area contributed by atoms with E-state index in [2.05, 4.69) is 6.58 Å². The van der Waals surface area contributed by atoms with Gasteiger partial charge in [0.05, 0.1) is 0 Å². The maximum atomic E-state index is 11.1. The van der Waals surface area contributed by atoms with Crippen molar-refractivity contribution in [2.75, 3.05) is 0 Å². The van der Waals surface area contributed by atoms with Crippen LogP contribution in [0.3, 0.4) is 0 Å². The second kappa shape index (κ2) is 3.02. The first-order chi connectivity index (χ1) is 5.52. The molecule has 1 unspecified atom stereocenters. The lowest BCUT2D eigenvalue weighted by Gasteiger charge is -2.27. The van der Waals surface area contributed by atoms with Gasteiger partial charge in [-0.15, -0.1) is 6.58 Å². The molecule has 0 aromatic rings. The van der Waals surface area contributed by atoms with Crippen molar-refractivity contribution >= 4 is 7.60 Å². The van der Waals surface area contributed by atoms with Gasteiger partial charge in [-0.1, -0.05) is 30.4 Å². The first-order valence-electron chi connectivity index (χ1n) is 3.55. The highest BCUT2D eigenvalue weighted by atomic mass is 31.2. The van der Waals surface area contributed by atoms with Crippen molar-refractivity contribution in [3.8, 4) is 0 Å². The summed E-state index contributed by atoms with van der Waals surface area (Å²) in [5, 5.41) is -1.18. The van der Waals surface area contributed by atoms with Gasteiger partial charge in [0, 0.05) is 0 Å². The molecule has 1 rings (SSSR count). The van der Waals surface area contributed by atoms with Gasteiger partial charge in [0.1, 0.15) is 5.16 Å². The monoisotopic (exact) mass is 186 g/mol. The molecule has 0 heterocycles. The van der Waals surface area contributed by atoms with Crippen LogP contribution >= 0.6 is 7.60 Å². The lowest BCUT2D eigenvalue weighted by atomic mass is 10.0. The predicted octanol–water partition coefficient (Wildman–Crippen LogP) is 1.60. The van der Waals surface area contributed by atoms with Crippen LogP contribution in [0, 0.1) is 0 Å². The summed E-state index contributed by atoms with van der Waals surface area (Å²) in [6, 6.07) is 0. The predicted molar refractivity (Wildman–Crippen MR) is 47.9 cm³/mol. The van der Waals surface area contributed by atoms with Gasteiger partial charge >= 0.3 is 7.60 Å². The van der Waals surface area contributed by atoms with Crippen LogP contribution in [0.25, 0.3) is 0 Å². The molecule has 0 spiro atoms. The molecular weight excluding hydrogens is 175 g/mol. The number of hydrogen-bond acceptors (Lipinski definition) is 1. The quantitative estimate of drug-likeness (QED) is 0.508. The molecule has 66 valence electrons. The summed E-state index contributed by atoms with van der Waals surface area (Å²) in [7, 11) is -4.13. The molecule has 0 aliphatic heterocycles. The van der Waals surface area contributed by atoms with E-state index in [9.17, 15) is 4.57 Å². The van der Waals surface area contributed by atoms with Crippen molar-refractivity contribution in [3.63, 3.8) is 0 Å². The zero-order valence-corrected chi connectivity index (χ0v) is 7.45. The van der Waals surface area contributed by atoms with Crippen LogP contribution in [0.2, 0.25) is 0 Å². The van der Waals surface area contributed by atoms with Crippen molar-refractivity contribution in [1.29, 1.82) is 0 Å². The van der Waals surface area contributed by atoms with Gasteiger partial charge in [-0.2, -0.15) is 0 Å². The molecule has 3 nitrogen and oxygen atoms in total. The average molecular weight is 186 g/mol. The molecule has 2 N–H and O–H groups in total. The number of hydrogen-bond donors (Lipinski definition) is 2. The molecule has 1 atom stereocenters. The molecule has 0 saturated heterocycles. The highest BCUT2D eigenvalue weighted by Crippen LogP contribution is 2.55. The van der Waals surface area contributed by atoms with Crippen LogP contribution < -0.4 is 0 Å². The zero-order chi connectivity index (χ0) is 9.24. The first-order valence-corrected chi connectivity index (χ1v) is 5.17. The average Bonchev–Trinajstić information content (AvgIpc) is 2.04. The Balaban J connectivity index is 3.08. The third kappa shape index (κ3) is 1.44. The highest BCUT2D eigenvalue weighted by molar-refractivity contribution is 7.54. The normalized spacial score (nSPS) is 28.8. The topological polar surface area (TPSA) is 57.5 Å². The van der Waals surface area contributed by atoms with E-state index < -0.39 is 12.8 Å². The molecule has 0 aromatic carbocycles. The van der Waals surface area contributed by atoms with Gasteiger partial charge in [0.15, 0.2) is 0 Å². The minimum atomic E-state index is -4.13. The third-order valence-electron chi connectivity index (χ3n) is 1.97. The van der Waals surface area contributed by atoms with Crippen LogP contribution in [0.5, 0.6) is 0 Å². The molecule has 0 amide bonds. The second-order valence-corrected chi connectivity index (χ2v) is 4.65. The Labute approximate surface area is 71.3 Å². The molecule has 12 heavy (non-hydrogen) atoms. The molecule has 0 fully saturated rings. The van der Waals surface area contributed by atoms with Gasteiger partial charge in [0.25, 0.3) is 0 Å². The molecule has 0 radical (unpaired) electrons. The van der Waals surface area contributed by atoms with Crippen LogP contribution in [-0.4, -0.2) is 14.9 Å². The Morgan fingerprint density at radius 1 is 1.50 bits per heavy atom. The van der Waals surface area contributed by atoms with Gasteiger partial charge in [-0.25, -0.2) is 0 Å². The second-order valence-electron chi connectivity index (χ2n) is 2.73. The van der Waals surface area contributed by atoms with Gasteiger partial charge < -0.3 is 9.79 Å². The molecular formula is C8H11O3P. The maximum Gasteiger partial charge on any atom is 0.339 e. The summed E-state index contributed by atoms with van der Waals surface area (Å²) >= 11 is 0. The highest BCUT2D eigenvalue weighted by Gasteiger charge is 2.41. The maximum absolute atomic E-state index is 11.1. The molecule has 0 bridgehead atoms. The van der Waals surface area contributed by atoms with Crippen molar-refractivity contribution in [3.05, 3.63) is 37.0 Å². The molecule has 1 aliphatic rings. The van der Waals surface area contributed by atoms with Crippen LogP contribution in [0.4, 0.5) is 0 Å². The molecule has 1 aliphatic carbocycles. The standard InChI is InChI=1S/C8H11O3P/c1-2-8(12(9,10)11)6-4-3-5-7-8/h2-6H,1,7H2,(H2,9,10,11). The summed E-state index contributed by atoms with van der Waals surface area (Å²) in [5.41, 5.74) is 0. The van der Waals surface area contributed by atoms with E-state index in [-0.39, 0.29) is 0 Å². The summed E-state index contributed by atoms with van der Waals surface area (Å²) in [6.45, 7) is 3.45. The smallest absolute Gasteiger partial charge is 0.324 e. The molecule has 0 saturated carbocycles. The zero-order valence-electron chi connectivity index (χ0n) is 6.55. The van der Waals surface area contributed by atoms with Crippen LogP contribution in [0.15, 0.2) is 37.0 Å². The largest absolute Gasteiger partial charge is 0.339 e. The van der Waals surface area contributed by atoms with Crippen LogP contribution in [-0.2, 0) is 4.57 Å². The SMILES string of the molecule is C=CC1(P(=O)(O)O)C=CC=CC1. The first kappa shape index (κ1) is 9.46. The van der Waals surface area contributed by atoms with E-state index in [0.29, 0.717) is 6.42 Å². The molecule has 0 aromatic heterocycles. The lowest BCUT2D eigenvalue weighted by molar-refractivity contribution is 0.352. The Morgan fingerprint density at radius 3 is 2.42 bits per heavy atom. The van der Waals surface area contributed by atoms with Gasteiger partial charge in [-0.05, 0) is 6.42 Å². The van der Waals surface area contributed by atoms with E-state index >= 15 is 0 Å². The van der Waals surface area contributed by atoms with Crippen molar-refractivity contribution in [2.24, 2.45) is 0 Å². The minimum absolute atomic E-state index is 0.317. The summed E-state index contributed by atoms with van der Waals surface area (Å²) in [4.78, 5) is 18.1. The summed E-state index contributed by atoms with van der Waals surface area (Å²) in [5.74, 6) is 0. The third-order valence-corrected chi connectivity index (χ3v) is 3.57. The molecule has 4 heteroatoms. The van der Waals surface area contributed by atoms with E-state index in [0.717, 1.165) is 0 Å². The fourth-order valence-corrected chi connectivity index (χ4v) is 1.97. The van der Waals surface area contributed by atoms with E-state index in [1.54, 1.807) is 18.2 Å². The van der Waals surface area contributed by atoms with E-state index in [1.165, 1.54) is 12.2 Å². The lowest BCUT2D eigenvalue weighted by Crippen LogP contribution is -2.23. The Morgan fingerprint density at radius 2 is 2.17 bits per heavy atom.